The number of imidazole rings is 1. The van der Waals surface area contributed by atoms with Crippen molar-refractivity contribution in [3.05, 3.63) is 23.1 Å². The van der Waals surface area contributed by atoms with Crippen LogP contribution < -0.4 is 0 Å². The lowest BCUT2D eigenvalue weighted by molar-refractivity contribution is -0.173. The van der Waals surface area contributed by atoms with Crippen molar-refractivity contribution in [3.8, 4) is 0 Å². The van der Waals surface area contributed by atoms with Gasteiger partial charge in [0.05, 0.1) is 29.5 Å². The molecule has 0 aromatic carbocycles. The Bertz CT molecular complexity index is 1370. The van der Waals surface area contributed by atoms with E-state index in [1.807, 2.05) is 13.8 Å². The zero-order valence-corrected chi connectivity index (χ0v) is 22.7. The second-order valence-corrected chi connectivity index (χ2v) is 12.2. The fourth-order valence-electron chi connectivity index (χ4n) is 4.74. The molecule has 2 aliphatic heterocycles. The number of sulfone groups is 1. The van der Waals surface area contributed by atoms with E-state index in [2.05, 4.69) is 4.98 Å². The summed E-state index contributed by atoms with van der Waals surface area (Å²) in [7, 11) is -3.60. The van der Waals surface area contributed by atoms with Crippen LogP contribution in [0.2, 0.25) is 0 Å². The minimum absolute atomic E-state index is 0.0347. The molecule has 12 nitrogen and oxygen atoms in total. The van der Waals surface area contributed by atoms with Gasteiger partial charge in [0, 0.05) is 30.9 Å². The first-order valence-electron chi connectivity index (χ1n) is 11.8. The van der Waals surface area contributed by atoms with E-state index in [4.69, 9.17) is 14.2 Å². The summed E-state index contributed by atoms with van der Waals surface area (Å²) < 4.78 is 41.1. The number of rotatable bonds is 9. The van der Waals surface area contributed by atoms with E-state index in [9.17, 15) is 27.9 Å². The number of aliphatic hydroxyl groups excluding tert-OH is 1. The largest absolute Gasteiger partial charge is 0.511 e. The maximum absolute atomic E-state index is 13.3. The van der Waals surface area contributed by atoms with E-state index in [1.54, 1.807) is 10.6 Å². The van der Waals surface area contributed by atoms with Gasteiger partial charge in [-0.25, -0.2) is 23.0 Å². The molecule has 1 fully saturated rings. The Morgan fingerprint density at radius 2 is 1.97 bits per heavy atom. The van der Waals surface area contributed by atoms with Crippen LogP contribution in [0.15, 0.2) is 23.2 Å². The summed E-state index contributed by atoms with van der Waals surface area (Å²) in [5, 5.41) is 10.1. The SMILES string of the molecule is CCCCOC(=O)OC(C)OC(=O)C1=C(c2cn3cnc(S(C)(=O)=O)c3s2)[C@H](C)[C@@H]2[C@@H]([C@@H](C)O)C(=O)N12. The van der Waals surface area contributed by atoms with Crippen LogP contribution in [0.4, 0.5) is 4.79 Å². The van der Waals surface area contributed by atoms with E-state index in [1.165, 1.54) is 25.1 Å². The number of hydrogen-bond acceptors (Lipinski definition) is 11. The van der Waals surface area contributed by atoms with Crippen molar-refractivity contribution in [3.63, 3.8) is 0 Å². The third-order valence-electron chi connectivity index (χ3n) is 6.41. The molecule has 5 atom stereocenters. The van der Waals surface area contributed by atoms with E-state index in [0.717, 1.165) is 24.0 Å². The van der Waals surface area contributed by atoms with Gasteiger partial charge in [0.15, 0.2) is 14.9 Å². The Balaban J connectivity index is 1.68. The molecule has 0 spiro atoms. The van der Waals surface area contributed by atoms with Crippen LogP contribution in [0.25, 0.3) is 10.4 Å². The molecule has 1 N–H and O–H groups in total. The van der Waals surface area contributed by atoms with Crippen LogP contribution >= 0.6 is 11.3 Å². The predicted molar refractivity (Wildman–Crippen MR) is 131 cm³/mol. The van der Waals surface area contributed by atoms with Crippen molar-refractivity contribution in [2.24, 2.45) is 11.8 Å². The van der Waals surface area contributed by atoms with Crippen molar-refractivity contribution in [1.29, 1.82) is 0 Å². The van der Waals surface area contributed by atoms with Gasteiger partial charge in [0.1, 0.15) is 16.9 Å². The second kappa shape index (κ2) is 10.1. The number of esters is 1. The Morgan fingerprint density at radius 3 is 2.59 bits per heavy atom. The van der Waals surface area contributed by atoms with E-state index >= 15 is 0 Å². The lowest BCUT2D eigenvalue weighted by Gasteiger charge is -2.46. The predicted octanol–water partition coefficient (Wildman–Crippen LogP) is 2.21. The highest BCUT2D eigenvalue weighted by Crippen LogP contribution is 2.52. The second-order valence-electron chi connectivity index (χ2n) is 9.19. The molecule has 1 unspecified atom stereocenters. The number of aliphatic hydroxyl groups is 1. The zero-order valence-electron chi connectivity index (χ0n) is 21.0. The van der Waals surface area contributed by atoms with Gasteiger partial charge in [-0.3, -0.25) is 9.20 Å². The molecule has 2 aliphatic rings. The topological polar surface area (TPSA) is 154 Å². The van der Waals surface area contributed by atoms with Gasteiger partial charge < -0.3 is 24.2 Å². The van der Waals surface area contributed by atoms with Crippen LogP contribution in [0, 0.1) is 11.8 Å². The van der Waals surface area contributed by atoms with Crippen molar-refractivity contribution in [2.75, 3.05) is 12.9 Å². The standard InChI is InChI=1S/C23H29N3O9S2/c1-6-7-8-33-23(30)35-13(4)34-22(29)18-15(11(2)17-16(12(3)27)20(28)26(17)18)14-9-25-10-24-19(21(25)36-14)37(5,31)32/h9-13,16-17,27H,6-8H2,1-5H3/t11-,12+,13?,16+,17+/m0/s1. The van der Waals surface area contributed by atoms with Gasteiger partial charge in [-0.15, -0.1) is 11.3 Å². The molecule has 202 valence electrons. The quantitative estimate of drug-likeness (QED) is 0.211. The summed E-state index contributed by atoms with van der Waals surface area (Å²) in [5.74, 6) is -2.41. The monoisotopic (exact) mass is 555 g/mol. The number of ether oxygens (including phenoxy) is 3. The highest BCUT2D eigenvalue weighted by molar-refractivity contribution is 7.91. The van der Waals surface area contributed by atoms with Gasteiger partial charge in [-0.1, -0.05) is 20.3 Å². The molecule has 0 aliphatic carbocycles. The van der Waals surface area contributed by atoms with Crippen molar-refractivity contribution < 1.29 is 42.1 Å². The molecule has 37 heavy (non-hydrogen) atoms. The normalized spacial score (nSPS) is 23.0. The van der Waals surface area contributed by atoms with Crippen LogP contribution in [-0.4, -0.2) is 77.1 Å². The third-order valence-corrected chi connectivity index (χ3v) is 8.69. The Hall–Kier alpha value is -2.97. The Labute approximate surface area is 217 Å². The van der Waals surface area contributed by atoms with Crippen LogP contribution in [0.5, 0.6) is 0 Å². The summed E-state index contributed by atoms with van der Waals surface area (Å²) in [4.78, 5) is 44.3. The van der Waals surface area contributed by atoms with Gasteiger partial charge in [0.25, 0.3) is 0 Å². The molecule has 4 heterocycles. The lowest BCUT2D eigenvalue weighted by atomic mass is 9.77. The fraction of sp³-hybridized carbons (Fsp3) is 0.565. The average Bonchev–Trinajstić information content (AvgIpc) is 3.42. The first-order valence-corrected chi connectivity index (χ1v) is 14.5. The molecule has 1 amide bonds. The number of amides is 1. The summed E-state index contributed by atoms with van der Waals surface area (Å²) in [6.07, 6.45) is 2.33. The molecular formula is C23H29N3O9S2. The minimum atomic E-state index is -3.60. The first-order chi connectivity index (χ1) is 17.4. The van der Waals surface area contributed by atoms with Crippen molar-refractivity contribution >= 4 is 49.6 Å². The minimum Gasteiger partial charge on any atom is -0.434 e. The van der Waals surface area contributed by atoms with Gasteiger partial charge in [-0.2, -0.15) is 0 Å². The molecule has 0 radical (unpaired) electrons. The lowest BCUT2D eigenvalue weighted by Crippen LogP contribution is -2.63. The van der Waals surface area contributed by atoms with Crippen LogP contribution in [-0.2, 0) is 33.6 Å². The molecule has 4 rings (SSSR count). The fourth-order valence-corrected chi connectivity index (χ4v) is 7.09. The molecule has 14 heteroatoms. The highest BCUT2D eigenvalue weighted by Gasteiger charge is 2.60. The number of fused-ring (bicyclic) bond motifs is 2. The maximum Gasteiger partial charge on any atom is 0.511 e. The number of aromatic nitrogens is 2. The van der Waals surface area contributed by atoms with Crippen LogP contribution in [0.1, 0.15) is 45.4 Å². The van der Waals surface area contributed by atoms with Gasteiger partial charge in [-0.05, 0) is 13.3 Å². The number of carbonyl (C=O) groups excluding carboxylic acids is 3. The smallest absolute Gasteiger partial charge is 0.434 e. The first kappa shape index (κ1) is 27.1. The number of nitrogens with zero attached hydrogens (tertiary/aromatic N) is 3. The Morgan fingerprint density at radius 1 is 1.27 bits per heavy atom. The molecule has 0 bridgehead atoms. The summed E-state index contributed by atoms with van der Waals surface area (Å²) in [5.41, 5.74) is 0.435. The Kier molecular flexibility index (Phi) is 7.36. The molecule has 2 aromatic heterocycles. The number of β-lactam (4-membered cyclic amide) rings is 1. The number of hydrogen-bond donors (Lipinski definition) is 1. The molecular weight excluding hydrogens is 526 g/mol. The molecule has 0 saturated carbocycles. The third kappa shape index (κ3) is 4.84. The highest BCUT2D eigenvalue weighted by atomic mass is 32.2. The van der Waals surface area contributed by atoms with Crippen molar-refractivity contribution in [2.45, 2.75) is 64.0 Å². The summed E-state index contributed by atoms with van der Waals surface area (Å²) in [6.45, 7) is 6.80. The molecule has 1 saturated heterocycles. The van der Waals surface area contributed by atoms with Crippen LogP contribution in [0.3, 0.4) is 0 Å². The summed E-state index contributed by atoms with van der Waals surface area (Å²) >= 11 is 1.11. The van der Waals surface area contributed by atoms with Crippen molar-refractivity contribution in [1.82, 2.24) is 14.3 Å². The van der Waals surface area contributed by atoms with E-state index < -0.39 is 52.2 Å². The number of thiazole rings is 1. The average molecular weight is 556 g/mol. The molecule has 2 aromatic rings. The van der Waals surface area contributed by atoms with E-state index in [-0.39, 0.29) is 23.2 Å². The van der Waals surface area contributed by atoms with Gasteiger partial charge >= 0.3 is 12.1 Å². The number of carbonyl (C=O) groups is 3. The zero-order chi connectivity index (χ0) is 27.2. The van der Waals surface area contributed by atoms with Gasteiger partial charge in [0.2, 0.25) is 12.2 Å². The summed E-state index contributed by atoms with van der Waals surface area (Å²) in [6, 6.07) is -0.491. The maximum atomic E-state index is 13.3. The van der Waals surface area contributed by atoms with E-state index in [0.29, 0.717) is 21.7 Å². The number of unbranched alkanes of at least 4 members (excludes halogenated alkanes) is 1.